The molecule has 7 heteroatoms. The number of aromatic nitrogens is 1. The molecule has 0 bridgehead atoms. The van der Waals surface area contributed by atoms with Crippen molar-refractivity contribution in [3.05, 3.63) is 107 Å². The van der Waals surface area contributed by atoms with Crippen LogP contribution >= 0.6 is 0 Å². The van der Waals surface area contributed by atoms with Gasteiger partial charge in [0.25, 0.3) is 5.91 Å². The molecule has 1 aliphatic rings. The number of para-hydroxylation sites is 1. The number of amides is 2. The molecule has 0 saturated heterocycles. The van der Waals surface area contributed by atoms with Gasteiger partial charge in [-0.1, -0.05) is 73.0 Å². The highest BCUT2D eigenvalue weighted by atomic mass is 16.4. The van der Waals surface area contributed by atoms with E-state index in [2.05, 4.69) is 15.6 Å². The number of hydrogen-bond acceptors (Lipinski definition) is 4. The van der Waals surface area contributed by atoms with Gasteiger partial charge in [0.1, 0.15) is 6.04 Å². The molecule has 5 rings (SSSR count). The van der Waals surface area contributed by atoms with Crippen LogP contribution in [0, 0.1) is 6.92 Å². The van der Waals surface area contributed by atoms with Gasteiger partial charge in [0.05, 0.1) is 16.5 Å². The van der Waals surface area contributed by atoms with Crippen molar-refractivity contribution < 1.29 is 19.5 Å². The molecule has 2 amide bonds. The molecule has 1 aliphatic carbocycles. The van der Waals surface area contributed by atoms with Crippen LogP contribution in [0.3, 0.4) is 0 Å². The van der Waals surface area contributed by atoms with E-state index in [4.69, 9.17) is 0 Å². The molecule has 39 heavy (non-hydrogen) atoms. The van der Waals surface area contributed by atoms with Crippen LogP contribution in [0.4, 0.5) is 5.69 Å². The van der Waals surface area contributed by atoms with E-state index in [1.54, 1.807) is 36.5 Å². The lowest BCUT2D eigenvalue weighted by atomic mass is 9.77. The molecule has 3 aromatic carbocycles. The first-order chi connectivity index (χ1) is 18.9. The third kappa shape index (κ3) is 5.53. The molecule has 3 N–H and O–H groups in total. The van der Waals surface area contributed by atoms with Crippen LogP contribution < -0.4 is 10.6 Å². The molecule has 1 heterocycles. The summed E-state index contributed by atoms with van der Waals surface area (Å²) in [6, 6.07) is 23.0. The fraction of sp³-hybridized carbons (Fsp3) is 0.250. The lowest BCUT2D eigenvalue weighted by Gasteiger charge is -2.30. The van der Waals surface area contributed by atoms with Crippen molar-refractivity contribution in [2.75, 3.05) is 5.32 Å². The summed E-state index contributed by atoms with van der Waals surface area (Å²) in [5, 5.41) is 16.4. The number of aliphatic carboxylic acids is 1. The Bertz CT molecular complexity index is 1500. The van der Waals surface area contributed by atoms with Crippen molar-refractivity contribution in [1.29, 1.82) is 0 Å². The van der Waals surface area contributed by atoms with Crippen molar-refractivity contribution in [3.8, 4) is 0 Å². The topological polar surface area (TPSA) is 108 Å². The molecule has 1 saturated carbocycles. The Balaban J connectivity index is 1.27. The zero-order valence-electron chi connectivity index (χ0n) is 21.8. The number of carbonyl (C=O) groups is 3. The maximum atomic E-state index is 13.5. The van der Waals surface area contributed by atoms with Crippen LogP contribution in [0.25, 0.3) is 10.9 Å². The van der Waals surface area contributed by atoms with E-state index in [9.17, 15) is 19.5 Å². The summed E-state index contributed by atoms with van der Waals surface area (Å²) in [4.78, 5) is 42.9. The van der Waals surface area contributed by atoms with Gasteiger partial charge in [-0.3, -0.25) is 14.6 Å². The zero-order chi connectivity index (χ0) is 27.4. The number of carbonyl (C=O) groups excluding carboxylic acids is 2. The first-order valence-corrected chi connectivity index (χ1v) is 13.2. The highest BCUT2D eigenvalue weighted by Gasteiger charge is 2.43. The van der Waals surface area contributed by atoms with Gasteiger partial charge in [-0.25, -0.2) is 4.79 Å². The fourth-order valence-electron chi connectivity index (χ4n) is 5.45. The lowest BCUT2D eigenvalue weighted by Crippen LogP contribution is -2.50. The SMILES string of the molecule is Cc1ccc(C2(C(=O)N[C@@H](Cc3ccc(NC(=O)c4ccnc5ccccc45)cc3)C(=O)O)CCCC2)cc1. The molecular formula is C32H31N3O4. The van der Waals surface area contributed by atoms with Crippen LogP contribution in [0.1, 0.15) is 52.7 Å². The third-order valence-electron chi connectivity index (χ3n) is 7.64. The number of nitrogens with zero attached hydrogens (tertiary/aromatic N) is 1. The molecule has 1 aromatic heterocycles. The molecule has 7 nitrogen and oxygen atoms in total. The average molecular weight is 522 g/mol. The summed E-state index contributed by atoms with van der Waals surface area (Å²) in [6.07, 6.45) is 5.01. The predicted octanol–water partition coefficient (Wildman–Crippen LogP) is 5.42. The van der Waals surface area contributed by atoms with Gasteiger partial charge in [0.2, 0.25) is 5.91 Å². The first kappa shape index (κ1) is 26.1. The van der Waals surface area contributed by atoms with Crippen molar-refractivity contribution in [3.63, 3.8) is 0 Å². The number of fused-ring (bicyclic) bond motifs is 1. The minimum atomic E-state index is -1.08. The van der Waals surface area contributed by atoms with Crippen LogP contribution in [0.5, 0.6) is 0 Å². The summed E-state index contributed by atoms with van der Waals surface area (Å²) < 4.78 is 0. The Morgan fingerprint density at radius 2 is 1.62 bits per heavy atom. The number of pyridine rings is 1. The minimum Gasteiger partial charge on any atom is -0.480 e. The Labute approximate surface area is 227 Å². The number of benzene rings is 3. The van der Waals surface area contributed by atoms with E-state index in [-0.39, 0.29) is 18.2 Å². The van der Waals surface area contributed by atoms with Gasteiger partial charge >= 0.3 is 5.97 Å². The smallest absolute Gasteiger partial charge is 0.326 e. The number of anilines is 1. The van der Waals surface area contributed by atoms with Crippen molar-refractivity contribution >= 4 is 34.4 Å². The van der Waals surface area contributed by atoms with Gasteiger partial charge in [0.15, 0.2) is 0 Å². The van der Waals surface area contributed by atoms with Crippen molar-refractivity contribution in [1.82, 2.24) is 10.3 Å². The monoisotopic (exact) mass is 521 g/mol. The van der Waals surface area contributed by atoms with Crippen molar-refractivity contribution in [2.24, 2.45) is 0 Å². The molecular weight excluding hydrogens is 490 g/mol. The number of carboxylic acid groups (broad SMARTS) is 1. The highest BCUT2D eigenvalue weighted by Crippen LogP contribution is 2.41. The largest absolute Gasteiger partial charge is 0.480 e. The second kappa shape index (κ2) is 11.1. The molecule has 0 radical (unpaired) electrons. The molecule has 0 unspecified atom stereocenters. The van der Waals surface area contributed by atoms with Crippen LogP contribution in [0.15, 0.2) is 85.1 Å². The second-order valence-corrected chi connectivity index (χ2v) is 10.3. The summed E-state index contributed by atoms with van der Waals surface area (Å²) in [7, 11) is 0. The summed E-state index contributed by atoms with van der Waals surface area (Å²) in [5.41, 5.74) is 3.94. The van der Waals surface area contributed by atoms with E-state index < -0.39 is 17.4 Å². The molecule has 198 valence electrons. The number of nitrogens with one attached hydrogen (secondary N) is 2. The number of hydrogen-bond donors (Lipinski definition) is 3. The molecule has 4 aromatic rings. The number of aryl methyl sites for hydroxylation is 1. The number of carboxylic acids is 1. The lowest BCUT2D eigenvalue weighted by molar-refractivity contribution is -0.142. The van der Waals surface area contributed by atoms with Gasteiger partial charge in [-0.2, -0.15) is 0 Å². The van der Waals surface area contributed by atoms with E-state index in [0.29, 0.717) is 24.1 Å². The zero-order valence-corrected chi connectivity index (χ0v) is 21.8. The quantitative estimate of drug-likeness (QED) is 0.287. The van der Waals surface area contributed by atoms with Gasteiger partial charge < -0.3 is 15.7 Å². The molecule has 0 aliphatic heterocycles. The van der Waals surface area contributed by atoms with E-state index in [1.165, 1.54) is 0 Å². The molecule has 0 spiro atoms. The van der Waals surface area contributed by atoms with Crippen LogP contribution in [-0.4, -0.2) is 33.9 Å². The third-order valence-corrected chi connectivity index (χ3v) is 7.64. The number of rotatable bonds is 8. The average Bonchev–Trinajstić information content (AvgIpc) is 3.45. The van der Waals surface area contributed by atoms with Crippen LogP contribution in [-0.2, 0) is 21.4 Å². The van der Waals surface area contributed by atoms with Gasteiger partial charge in [-0.15, -0.1) is 0 Å². The summed E-state index contributed by atoms with van der Waals surface area (Å²) >= 11 is 0. The fourth-order valence-corrected chi connectivity index (χ4v) is 5.45. The van der Waals surface area contributed by atoms with Crippen molar-refractivity contribution in [2.45, 2.75) is 50.5 Å². The van der Waals surface area contributed by atoms with E-state index in [1.807, 2.05) is 55.5 Å². The second-order valence-electron chi connectivity index (χ2n) is 10.3. The molecule has 1 fully saturated rings. The summed E-state index contributed by atoms with van der Waals surface area (Å²) in [6.45, 7) is 2.00. The first-order valence-electron chi connectivity index (χ1n) is 13.2. The summed E-state index contributed by atoms with van der Waals surface area (Å²) in [5.74, 6) is -1.57. The normalized spacial score (nSPS) is 15.0. The Kier molecular flexibility index (Phi) is 7.41. The molecule has 1 atom stereocenters. The Morgan fingerprint density at radius 1 is 0.923 bits per heavy atom. The predicted molar refractivity (Wildman–Crippen MR) is 151 cm³/mol. The Hall–Kier alpha value is -4.52. The van der Waals surface area contributed by atoms with E-state index in [0.717, 1.165) is 40.4 Å². The van der Waals surface area contributed by atoms with E-state index >= 15 is 0 Å². The minimum absolute atomic E-state index is 0.133. The highest BCUT2D eigenvalue weighted by molar-refractivity contribution is 6.12. The maximum Gasteiger partial charge on any atom is 0.326 e. The Morgan fingerprint density at radius 3 is 2.31 bits per heavy atom. The van der Waals surface area contributed by atoms with Gasteiger partial charge in [-0.05, 0) is 55.2 Å². The maximum absolute atomic E-state index is 13.5. The van der Waals surface area contributed by atoms with Crippen LogP contribution in [0.2, 0.25) is 0 Å². The van der Waals surface area contributed by atoms with Gasteiger partial charge in [0, 0.05) is 23.7 Å². The standard InChI is InChI=1S/C32H31N3O4/c1-21-8-12-23(13-9-21)32(17-4-5-18-32)31(39)35-28(30(37)38)20-22-10-14-24(15-11-22)34-29(36)26-16-19-33-27-7-3-2-6-25(26)27/h2-3,6-16,19,28H,4-5,17-18,20H2,1H3,(H,34,36)(H,35,39)(H,37,38)/t28-/m0/s1.